The van der Waals surface area contributed by atoms with Crippen molar-refractivity contribution in [2.45, 2.75) is 102 Å². The second kappa shape index (κ2) is 20.0. The van der Waals surface area contributed by atoms with Gasteiger partial charge in [0.25, 0.3) is 0 Å². The third kappa shape index (κ3) is 23.4. The molecular formula is C25H50NO4+. The summed E-state index contributed by atoms with van der Waals surface area (Å²) in [5.41, 5.74) is 0. The average molecular weight is 429 g/mol. The van der Waals surface area contributed by atoms with Gasteiger partial charge in [-0.25, -0.2) is 0 Å². The van der Waals surface area contributed by atoms with Crippen LogP contribution in [0.4, 0.5) is 0 Å². The number of allylic oxidation sites excluding steroid dienone is 2. The topological polar surface area (TPSA) is 66.8 Å². The van der Waals surface area contributed by atoms with E-state index in [4.69, 9.17) is 14.9 Å². The molecule has 0 amide bonds. The SMILES string of the molecule is C[N+](C)(C)CC(CC(=O)O)OCCCCCCCC/C=C\CCCCCCCCO. The molecule has 0 aromatic rings. The number of hydrogen-bond acceptors (Lipinski definition) is 3. The minimum Gasteiger partial charge on any atom is -0.481 e. The van der Waals surface area contributed by atoms with Gasteiger partial charge in [0, 0.05) is 13.2 Å². The Hall–Kier alpha value is -0.910. The number of rotatable bonds is 22. The van der Waals surface area contributed by atoms with E-state index >= 15 is 0 Å². The van der Waals surface area contributed by atoms with Crippen LogP contribution < -0.4 is 0 Å². The van der Waals surface area contributed by atoms with Gasteiger partial charge >= 0.3 is 5.97 Å². The van der Waals surface area contributed by atoms with Crippen molar-refractivity contribution in [1.82, 2.24) is 0 Å². The van der Waals surface area contributed by atoms with Gasteiger partial charge < -0.3 is 19.4 Å². The molecule has 2 N–H and O–H groups in total. The number of unbranched alkanes of at least 4 members (excludes halogenated alkanes) is 12. The van der Waals surface area contributed by atoms with Gasteiger partial charge in [-0.15, -0.1) is 0 Å². The fourth-order valence-corrected chi connectivity index (χ4v) is 3.62. The van der Waals surface area contributed by atoms with Crippen LogP contribution in [0.5, 0.6) is 0 Å². The molecule has 0 saturated heterocycles. The lowest BCUT2D eigenvalue weighted by molar-refractivity contribution is -0.873. The molecule has 1 atom stereocenters. The summed E-state index contributed by atoms with van der Waals surface area (Å²) in [7, 11) is 6.20. The lowest BCUT2D eigenvalue weighted by Crippen LogP contribution is -2.43. The van der Waals surface area contributed by atoms with Gasteiger partial charge in [-0.1, -0.05) is 63.5 Å². The minimum atomic E-state index is -0.781. The lowest BCUT2D eigenvalue weighted by atomic mass is 10.1. The van der Waals surface area contributed by atoms with Crippen LogP contribution in [0, 0.1) is 0 Å². The molecule has 5 heteroatoms. The number of aliphatic carboxylic acids is 1. The number of hydrogen-bond donors (Lipinski definition) is 2. The van der Waals surface area contributed by atoms with Crippen LogP contribution in [0.15, 0.2) is 12.2 Å². The zero-order valence-electron chi connectivity index (χ0n) is 20.1. The first-order valence-electron chi connectivity index (χ1n) is 12.2. The van der Waals surface area contributed by atoms with Gasteiger partial charge in [-0.05, 0) is 38.5 Å². The smallest absolute Gasteiger partial charge is 0.306 e. The number of nitrogens with zero attached hydrogens (tertiary/aromatic N) is 1. The van der Waals surface area contributed by atoms with Crippen LogP contribution in [0.3, 0.4) is 0 Å². The summed E-state index contributed by atoms with van der Waals surface area (Å²) in [4.78, 5) is 11.0. The van der Waals surface area contributed by atoms with Gasteiger partial charge in [0.15, 0.2) is 0 Å². The van der Waals surface area contributed by atoms with E-state index in [2.05, 4.69) is 33.3 Å². The predicted molar refractivity (Wildman–Crippen MR) is 126 cm³/mol. The molecule has 0 bridgehead atoms. The highest BCUT2D eigenvalue weighted by Crippen LogP contribution is 2.11. The Bertz CT molecular complexity index is 418. The van der Waals surface area contributed by atoms with E-state index in [0.29, 0.717) is 13.2 Å². The molecule has 0 rings (SSSR count). The molecule has 0 saturated carbocycles. The van der Waals surface area contributed by atoms with E-state index in [1.807, 2.05) is 0 Å². The van der Waals surface area contributed by atoms with Gasteiger partial charge in [0.05, 0.1) is 27.6 Å². The van der Waals surface area contributed by atoms with E-state index in [1.165, 1.54) is 70.6 Å². The average Bonchev–Trinajstić information content (AvgIpc) is 2.65. The summed E-state index contributed by atoms with van der Waals surface area (Å²) in [5, 5.41) is 17.8. The van der Waals surface area contributed by atoms with E-state index in [1.54, 1.807) is 0 Å². The molecule has 0 fully saturated rings. The third-order valence-corrected chi connectivity index (χ3v) is 5.22. The summed E-state index contributed by atoms with van der Waals surface area (Å²) in [6.07, 6.45) is 21.5. The number of aliphatic hydroxyl groups excluding tert-OH is 1. The van der Waals surface area contributed by atoms with Crippen molar-refractivity contribution in [2.75, 3.05) is 40.9 Å². The fraction of sp³-hybridized carbons (Fsp3) is 0.880. The van der Waals surface area contributed by atoms with Gasteiger partial charge in [-0.3, -0.25) is 4.79 Å². The molecule has 0 spiro atoms. The quantitative estimate of drug-likeness (QED) is 0.134. The van der Waals surface area contributed by atoms with E-state index < -0.39 is 5.97 Å². The van der Waals surface area contributed by atoms with Crippen molar-refractivity contribution in [3.8, 4) is 0 Å². The Morgan fingerprint density at radius 2 is 1.27 bits per heavy atom. The van der Waals surface area contributed by atoms with Crippen molar-refractivity contribution >= 4 is 5.97 Å². The molecule has 30 heavy (non-hydrogen) atoms. The summed E-state index contributed by atoms with van der Waals surface area (Å²) >= 11 is 0. The van der Waals surface area contributed by atoms with Crippen molar-refractivity contribution in [3.63, 3.8) is 0 Å². The van der Waals surface area contributed by atoms with E-state index in [-0.39, 0.29) is 12.5 Å². The fourth-order valence-electron chi connectivity index (χ4n) is 3.62. The molecular weight excluding hydrogens is 378 g/mol. The van der Waals surface area contributed by atoms with Crippen LogP contribution in [-0.2, 0) is 9.53 Å². The Kier molecular flexibility index (Phi) is 19.4. The van der Waals surface area contributed by atoms with Crippen LogP contribution in [0.2, 0.25) is 0 Å². The highest BCUT2D eigenvalue weighted by molar-refractivity contribution is 5.67. The van der Waals surface area contributed by atoms with Gasteiger partial charge in [-0.2, -0.15) is 0 Å². The van der Waals surface area contributed by atoms with Crippen molar-refractivity contribution in [1.29, 1.82) is 0 Å². The Morgan fingerprint density at radius 3 is 1.73 bits per heavy atom. The maximum Gasteiger partial charge on any atom is 0.306 e. The molecule has 0 aliphatic rings. The number of carboxylic acids is 1. The Balaban J connectivity index is 3.45. The maximum absolute atomic E-state index is 11.0. The molecule has 0 aliphatic carbocycles. The van der Waals surface area contributed by atoms with E-state index in [0.717, 1.165) is 30.3 Å². The summed E-state index contributed by atoms with van der Waals surface area (Å²) in [5.74, 6) is -0.781. The van der Waals surface area contributed by atoms with Crippen molar-refractivity contribution in [2.24, 2.45) is 0 Å². The number of likely N-dealkylation sites (N-methyl/N-ethyl adjacent to an activating group) is 1. The van der Waals surface area contributed by atoms with Crippen molar-refractivity contribution in [3.05, 3.63) is 12.2 Å². The van der Waals surface area contributed by atoms with Crippen LogP contribution >= 0.6 is 0 Å². The first-order chi connectivity index (χ1) is 14.3. The highest BCUT2D eigenvalue weighted by Gasteiger charge is 2.21. The third-order valence-electron chi connectivity index (χ3n) is 5.22. The minimum absolute atomic E-state index is 0.0909. The largest absolute Gasteiger partial charge is 0.481 e. The zero-order valence-corrected chi connectivity index (χ0v) is 20.1. The molecule has 1 unspecified atom stereocenters. The molecule has 5 nitrogen and oxygen atoms in total. The molecule has 0 radical (unpaired) electrons. The number of quaternary nitrogens is 1. The summed E-state index contributed by atoms with van der Waals surface area (Å²) in [6, 6.07) is 0. The molecule has 0 aromatic heterocycles. The predicted octanol–water partition coefficient (Wildman–Crippen LogP) is 5.56. The first-order valence-corrected chi connectivity index (χ1v) is 12.2. The van der Waals surface area contributed by atoms with Crippen molar-refractivity contribution < 1.29 is 24.2 Å². The Morgan fingerprint density at radius 1 is 0.800 bits per heavy atom. The van der Waals surface area contributed by atoms with E-state index in [9.17, 15) is 4.79 Å². The zero-order chi connectivity index (χ0) is 22.5. The summed E-state index contributed by atoms with van der Waals surface area (Å²) in [6.45, 7) is 1.73. The van der Waals surface area contributed by atoms with Gasteiger partial charge in [0.1, 0.15) is 12.6 Å². The van der Waals surface area contributed by atoms with Crippen LogP contribution in [0.25, 0.3) is 0 Å². The number of aliphatic hydroxyl groups is 1. The maximum atomic E-state index is 11.0. The Labute approximate surface area is 186 Å². The molecule has 0 aliphatic heterocycles. The number of carbonyl (C=O) groups is 1. The lowest BCUT2D eigenvalue weighted by Gasteiger charge is -2.28. The molecule has 0 heterocycles. The number of carboxylic acid groups (broad SMARTS) is 1. The second-order valence-electron chi connectivity index (χ2n) is 9.58. The summed E-state index contributed by atoms with van der Waals surface area (Å²) < 4.78 is 6.56. The standard InChI is InChI=1S/C25H49NO4/c1-26(2,3)23-24(22-25(28)29)30-21-19-17-15-13-11-9-7-5-4-6-8-10-12-14-16-18-20-27/h4-5,24,27H,6-23H2,1-3H3/p+1/b5-4-. The van der Waals surface area contributed by atoms with Crippen LogP contribution in [-0.4, -0.2) is 67.7 Å². The monoisotopic (exact) mass is 428 g/mol. The molecule has 178 valence electrons. The molecule has 0 aromatic carbocycles. The first kappa shape index (κ1) is 29.1. The van der Waals surface area contributed by atoms with Crippen LogP contribution in [0.1, 0.15) is 96.3 Å². The second-order valence-corrected chi connectivity index (χ2v) is 9.58. The number of ether oxygens (including phenoxy) is 1. The normalized spacial score (nSPS) is 13.2. The van der Waals surface area contributed by atoms with Gasteiger partial charge in [0.2, 0.25) is 0 Å². The highest BCUT2D eigenvalue weighted by atomic mass is 16.5.